The van der Waals surface area contributed by atoms with Crippen LogP contribution in [-0.2, 0) is 9.31 Å². The van der Waals surface area contributed by atoms with Gasteiger partial charge in [-0.2, -0.15) is 0 Å². The highest BCUT2D eigenvalue weighted by atomic mass is 28.3. The molecule has 2 nitrogen and oxygen atoms in total. The Morgan fingerprint density at radius 1 is 0.690 bits per heavy atom. The average molecular weight is 400 g/mol. The topological polar surface area (TPSA) is 18.5 Å². The highest BCUT2D eigenvalue weighted by Crippen LogP contribution is 2.38. The predicted octanol–water partition coefficient (Wildman–Crippen LogP) is 5.43. The van der Waals surface area contributed by atoms with E-state index in [1.807, 2.05) is 0 Å². The predicted molar refractivity (Wildman–Crippen MR) is 129 cm³/mol. The maximum atomic E-state index is 6.32. The SMILES string of the molecule is CC1(C)OB(c2cc3ccc4ccc([Si](C)(C)C)c5ccc(c2)c3c45)OC1(C)C. The van der Waals surface area contributed by atoms with Gasteiger partial charge < -0.3 is 9.31 Å². The molecule has 0 aliphatic carbocycles. The first-order valence-corrected chi connectivity index (χ1v) is 14.1. The second-order valence-corrected chi connectivity index (χ2v) is 15.6. The molecule has 1 saturated heterocycles. The summed E-state index contributed by atoms with van der Waals surface area (Å²) in [4.78, 5) is 0. The second-order valence-electron chi connectivity index (χ2n) is 10.6. The van der Waals surface area contributed by atoms with Crippen molar-refractivity contribution in [3.05, 3.63) is 48.5 Å². The minimum Gasteiger partial charge on any atom is -0.399 e. The Kier molecular flexibility index (Phi) is 3.85. The summed E-state index contributed by atoms with van der Waals surface area (Å²) in [5.41, 5.74) is 0.435. The summed E-state index contributed by atoms with van der Waals surface area (Å²) < 4.78 is 12.6. The third-order valence-corrected chi connectivity index (χ3v) is 9.01. The molecule has 4 heteroatoms. The Bertz CT molecular complexity index is 1220. The Hall–Kier alpha value is -1.88. The summed E-state index contributed by atoms with van der Waals surface area (Å²) in [6, 6.07) is 18.3. The molecule has 1 aliphatic rings. The highest BCUT2D eigenvalue weighted by Gasteiger charge is 2.51. The van der Waals surface area contributed by atoms with Crippen molar-refractivity contribution in [2.24, 2.45) is 0 Å². The molecule has 0 N–H and O–H groups in total. The fourth-order valence-electron chi connectivity index (χ4n) is 4.61. The lowest BCUT2D eigenvalue weighted by Gasteiger charge is -2.32. The summed E-state index contributed by atoms with van der Waals surface area (Å²) in [5, 5.41) is 9.57. The summed E-state index contributed by atoms with van der Waals surface area (Å²) in [6.07, 6.45) is 0. The van der Waals surface area contributed by atoms with E-state index >= 15 is 0 Å². The molecule has 4 aromatic carbocycles. The zero-order valence-electron chi connectivity index (χ0n) is 18.5. The summed E-state index contributed by atoms with van der Waals surface area (Å²) >= 11 is 0. The van der Waals surface area contributed by atoms with Crippen LogP contribution < -0.4 is 10.6 Å². The molecular formula is C25H29BO2Si. The smallest absolute Gasteiger partial charge is 0.399 e. The largest absolute Gasteiger partial charge is 0.494 e. The fraction of sp³-hybridized carbons (Fsp3) is 0.360. The Morgan fingerprint density at radius 2 is 1.21 bits per heavy atom. The van der Waals surface area contributed by atoms with E-state index in [2.05, 4.69) is 95.9 Å². The third-order valence-electron chi connectivity index (χ3n) is 6.95. The van der Waals surface area contributed by atoms with Crippen molar-refractivity contribution in [1.82, 2.24) is 0 Å². The lowest BCUT2D eigenvalue weighted by Crippen LogP contribution is -2.41. The zero-order valence-corrected chi connectivity index (χ0v) is 19.5. The molecule has 0 atom stereocenters. The van der Waals surface area contributed by atoms with E-state index in [4.69, 9.17) is 9.31 Å². The van der Waals surface area contributed by atoms with Gasteiger partial charge in [-0.1, -0.05) is 73.4 Å². The van der Waals surface area contributed by atoms with E-state index in [0.717, 1.165) is 5.46 Å². The van der Waals surface area contributed by atoms with Gasteiger partial charge in [0.05, 0.1) is 19.3 Å². The van der Waals surface area contributed by atoms with Gasteiger partial charge in [-0.3, -0.25) is 0 Å². The van der Waals surface area contributed by atoms with Crippen LogP contribution in [0.4, 0.5) is 0 Å². The van der Waals surface area contributed by atoms with Gasteiger partial charge in [0.1, 0.15) is 0 Å². The van der Waals surface area contributed by atoms with Gasteiger partial charge in [0, 0.05) is 0 Å². The standard InChI is InChI=1S/C25H29BO2Si/c1-24(2)25(3,4)28-26(27-24)19-14-17-9-8-16-11-13-21(29(5,6)7)20-12-10-18(15-19)22(17)23(16)20/h8-15H,1-7H3. The Balaban J connectivity index is 1.75. The van der Waals surface area contributed by atoms with Crippen molar-refractivity contribution >= 4 is 58.2 Å². The Labute approximate surface area is 174 Å². The van der Waals surface area contributed by atoms with Crippen molar-refractivity contribution in [2.45, 2.75) is 58.5 Å². The van der Waals surface area contributed by atoms with Crippen LogP contribution >= 0.6 is 0 Å². The minimum absolute atomic E-state index is 0.331. The number of benzene rings is 4. The van der Waals surface area contributed by atoms with Gasteiger partial charge in [0.2, 0.25) is 0 Å². The molecule has 0 saturated carbocycles. The zero-order chi connectivity index (χ0) is 20.8. The first-order valence-electron chi connectivity index (χ1n) is 10.6. The van der Waals surface area contributed by atoms with Crippen molar-refractivity contribution in [1.29, 1.82) is 0 Å². The number of hydrogen-bond acceptors (Lipinski definition) is 2. The lowest BCUT2D eigenvalue weighted by atomic mass is 9.76. The van der Waals surface area contributed by atoms with E-state index < -0.39 is 8.07 Å². The van der Waals surface area contributed by atoms with Crippen LogP contribution in [0, 0.1) is 0 Å². The van der Waals surface area contributed by atoms with Crippen LogP contribution in [0.15, 0.2) is 48.5 Å². The fourth-order valence-corrected chi connectivity index (χ4v) is 6.21. The molecule has 0 amide bonds. The molecule has 1 heterocycles. The first-order chi connectivity index (χ1) is 13.5. The maximum absolute atomic E-state index is 6.32. The van der Waals surface area contributed by atoms with E-state index in [9.17, 15) is 0 Å². The molecule has 1 fully saturated rings. The molecule has 0 bridgehead atoms. The van der Waals surface area contributed by atoms with Gasteiger partial charge in [-0.05, 0) is 65.5 Å². The Morgan fingerprint density at radius 3 is 1.79 bits per heavy atom. The van der Waals surface area contributed by atoms with Crippen molar-refractivity contribution < 1.29 is 9.31 Å². The minimum atomic E-state index is -1.43. The van der Waals surface area contributed by atoms with Gasteiger partial charge in [-0.15, -0.1) is 0 Å². The van der Waals surface area contributed by atoms with Crippen LogP contribution in [-0.4, -0.2) is 26.4 Å². The second kappa shape index (κ2) is 5.84. The van der Waals surface area contributed by atoms with E-state index in [0.29, 0.717) is 0 Å². The van der Waals surface area contributed by atoms with Crippen molar-refractivity contribution in [3.8, 4) is 0 Å². The molecule has 5 rings (SSSR count). The van der Waals surface area contributed by atoms with Gasteiger partial charge in [0.15, 0.2) is 0 Å². The van der Waals surface area contributed by atoms with Crippen molar-refractivity contribution in [3.63, 3.8) is 0 Å². The van der Waals surface area contributed by atoms with Gasteiger partial charge in [0.25, 0.3) is 0 Å². The van der Waals surface area contributed by atoms with Gasteiger partial charge >= 0.3 is 7.12 Å². The third kappa shape index (κ3) is 2.77. The van der Waals surface area contributed by atoms with Crippen LogP contribution in [0.5, 0.6) is 0 Å². The summed E-state index contributed by atoms with van der Waals surface area (Å²) in [7, 11) is -1.76. The first kappa shape index (κ1) is 19.1. The van der Waals surface area contributed by atoms with E-state index in [1.54, 1.807) is 0 Å². The lowest BCUT2D eigenvalue weighted by molar-refractivity contribution is 0.00578. The summed E-state index contributed by atoms with van der Waals surface area (Å²) in [5.74, 6) is 0. The van der Waals surface area contributed by atoms with Crippen LogP contribution in [0.3, 0.4) is 0 Å². The molecule has 0 spiro atoms. The molecule has 0 radical (unpaired) electrons. The maximum Gasteiger partial charge on any atom is 0.494 e. The van der Waals surface area contributed by atoms with E-state index in [-0.39, 0.29) is 18.3 Å². The van der Waals surface area contributed by atoms with E-state index in [1.165, 1.54) is 37.5 Å². The monoisotopic (exact) mass is 400 g/mol. The molecular weight excluding hydrogens is 371 g/mol. The quantitative estimate of drug-likeness (QED) is 0.330. The highest BCUT2D eigenvalue weighted by molar-refractivity contribution is 6.90. The summed E-state index contributed by atoms with van der Waals surface area (Å²) in [6.45, 7) is 15.7. The van der Waals surface area contributed by atoms with Crippen LogP contribution in [0.2, 0.25) is 19.6 Å². The van der Waals surface area contributed by atoms with Crippen LogP contribution in [0.25, 0.3) is 32.3 Å². The normalized spacial score (nSPS) is 19.1. The number of rotatable bonds is 2. The average Bonchev–Trinajstić information content (AvgIpc) is 2.85. The molecule has 0 unspecified atom stereocenters. The molecule has 4 aromatic rings. The molecule has 1 aliphatic heterocycles. The number of hydrogen-bond donors (Lipinski definition) is 0. The van der Waals surface area contributed by atoms with Crippen molar-refractivity contribution in [2.75, 3.05) is 0 Å². The molecule has 148 valence electrons. The van der Waals surface area contributed by atoms with Crippen LogP contribution in [0.1, 0.15) is 27.7 Å². The van der Waals surface area contributed by atoms with Gasteiger partial charge in [-0.25, -0.2) is 0 Å². The molecule has 29 heavy (non-hydrogen) atoms. The molecule has 0 aromatic heterocycles.